The Hall–Kier alpha value is -2.86. The molecule has 5 nitrogen and oxygen atoms in total. The third kappa shape index (κ3) is 4.59. The zero-order valence-corrected chi connectivity index (χ0v) is 18.7. The van der Waals surface area contributed by atoms with Crippen LogP contribution in [0.2, 0.25) is 0 Å². The maximum atomic E-state index is 13.1. The molecule has 1 aliphatic carbocycles. The minimum absolute atomic E-state index is 0.250. The lowest BCUT2D eigenvalue weighted by atomic mass is 9.95. The van der Waals surface area contributed by atoms with E-state index in [-0.39, 0.29) is 11.9 Å². The summed E-state index contributed by atoms with van der Waals surface area (Å²) >= 11 is 1.49. The van der Waals surface area contributed by atoms with Crippen LogP contribution in [0, 0.1) is 0 Å². The third-order valence-electron chi connectivity index (χ3n) is 5.55. The standard InChI is InChI=1S/C25H27NO4S/c1-3-20(30-18-14-13-16-9-5-6-10-17(16)15-18)23(27)26-24-22(25(28)29-4-2)19-11-7-8-12-21(19)31-24/h5-6,9-10,13-15,20H,3-4,7-8,11-12H2,1-2H3,(H,26,27). The summed E-state index contributed by atoms with van der Waals surface area (Å²) in [6.45, 7) is 4.01. The summed E-state index contributed by atoms with van der Waals surface area (Å²) in [5, 5.41) is 5.73. The van der Waals surface area contributed by atoms with Crippen LogP contribution < -0.4 is 10.1 Å². The van der Waals surface area contributed by atoms with Crippen molar-refractivity contribution in [1.82, 2.24) is 0 Å². The molecule has 1 unspecified atom stereocenters. The number of benzene rings is 2. The van der Waals surface area contributed by atoms with Crippen LogP contribution in [0.5, 0.6) is 5.75 Å². The van der Waals surface area contributed by atoms with Gasteiger partial charge in [0, 0.05) is 4.88 Å². The summed E-state index contributed by atoms with van der Waals surface area (Å²) < 4.78 is 11.3. The number of fused-ring (bicyclic) bond motifs is 2. The second kappa shape index (κ2) is 9.52. The van der Waals surface area contributed by atoms with Gasteiger partial charge in [-0.25, -0.2) is 4.79 Å². The molecule has 3 aromatic rings. The molecular weight excluding hydrogens is 410 g/mol. The molecule has 0 saturated carbocycles. The highest BCUT2D eigenvalue weighted by Gasteiger charge is 2.29. The second-order valence-corrected chi connectivity index (χ2v) is 8.75. The Bertz CT molecular complexity index is 1100. The fraction of sp³-hybridized carbons (Fsp3) is 0.360. The van der Waals surface area contributed by atoms with Crippen LogP contribution in [0.15, 0.2) is 42.5 Å². The number of carbonyl (C=O) groups is 2. The SMILES string of the molecule is CCOC(=O)c1c(NC(=O)C(CC)Oc2ccc3ccccc3c2)sc2c1CCCC2. The molecule has 0 fully saturated rings. The highest BCUT2D eigenvalue weighted by atomic mass is 32.1. The number of carbonyl (C=O) groups excluding carboxylic acids is 2. The van der Waals surface area contributed by atoms with Gasteiger partial charge in [-0.05, 0) is 67.5 Å². The van der Waals surface area contributed by atoms with Gasteiger partial charge in [0.05, 0.1) is 12.2 Å². The quantitative estimate of drug-likeness (QED) is 0.478. The second-order valence-electron chi connectivity index (χ2n) is 7.65. The van der Waals surface area contributed by atoms with Crippen molar-refractivity contribution in [2.75, 3.05) is 11.9 Å². The van der Waals surface area contributed by atoms with E-state index in [9.17, 15) is 9.59 Å². The van der Waals surface area contributed by atoms with Crippen LogP contribution in [-0.2, 0) is 22.4 Å². The van der Waals surface area contributed by atoms with Crippen molar-refractivity contribution in [3.63, 3.8) is 0 Å². The minimum atomic E-state index is -0.657. The summed E-state index contributed by atoms with van der Waals surface area (Å²) in [6, 6.07) is 13.8. The van der Waals surface area contributed by atoms with Gasteiger partial charge in [-0.2, -0.15) is 0 Å². The molecule has 0 radical (unpaired) electrons. The summed E-state index contributed by atoms with van der Waals surface area (Å²) in [7, 11) is 0. The Balaban J connectivity index is 1.55. The van der Waals surface area contributed by atoms with Gasteiger partial charge in [-0.1, -0.05) is 37.3 Å². The molecule has 1 amide bonds. The molecule has 31 heavy (non-hydrogen) atoms. The number of anilines is 1. The van der Waals surface area contributed by atoms with Crippen molar-refractivity contribution in [2.45, 2.75) is 52.1 Å². The number of thiophene rings is 1. The minimum Gasteiger partial charge on any atom is -0.481 e. The Kier molecular flexibility index (Phi) is 6.56. The van der Waals surface area contributed by atoms with Crippen molar-refractivity contribution in [3.8, 4) is 5.75 Å². The fourth-order valence-electron chi connectivity index (χ4n) is 3.99. The first kappa shape index (κ1) is 21.4. The van der Waals surface area contributed by atoms with Gasteiger partial charge >= 0.3 is 5.97 Å². The van der Waals surface area contributed by atoms with Gasteiger partial charge in [0.15, 0.2) is 6.10 Å². The molecule has 6 heteroatoms. The normalized spacial score (nSPS) is 14.0. The number of rotatable bonds is 7. The van der Waals surface area contributed by atoms with Gasteiger partial charge in [-0.15, -0.1) is 11.3 Å². The average molecular weight is 438 g/mol. The van der Waals surface area contributed by atoms with E-state index in [0.717, 1.165) is 42.0 Å². The van der Waals surface area contributed by atoms with Crippen molar-refractivity contribution in [1.29, 1.82) is 0 Å². The maximum absolute atomic E-state index is 13.1. The van der Waals surface area contributed by atoms with Crippen LogP contribution in [0.4, 0.5) is 5.00 Å². The van der Waals surface area contributed by atoms with E-state index in [2.05, 4.69) is 5.32 Å². The van der Waals surface area contributed by atoms with E-state index < -0.39 is 6.10 Å². The first-order valence-electron chi connectivity index (χ1n) is 10.9. The summed E-state index contributed by atoms with van der Waals surface area (Å²) in [5.41, 5.74) is 1.56. The van der Waals surface area contributed by atoms with Gasteiger partial charge in [0.25, 0.3) is 5.91 Å². The molecule has 162 valence electrons. The summed E-state index contributed by atoms with van der Waals surface area (Å²) in [4.78, 5) is 26.9. The number of aryl methyl sites for hydroxylation is 1. The smallest absolute Gasteiger partial charge is 0.341 e. The molecule has 1 aromatic heterocycles. The summed E-state index contributed by atoms with van der Waals surface area (Å²) in [5.74, 6) is 0.0392. The van der Waals surface area contributed by atoms with E-state index in [1.54, 1.807) is 6.92 Å². The number of hydrogen-bond acceptors (Lipinski definition) is 5. The number of ether oxygens (including phenoxy) is 2. The van der Waals surface area contributed by atoms with Gasteiger partial charge < -0.3 is 14.8 Å². The predicted octanol–water partition coefficient (Wildman–Crippen LogP) is 5.75. The van der Waals surface area contributed by atoms with Crippen LogP contribution in [0.3, 0.4) is 0 Å². The molecule has 0 bridgehead atoms. The van der Waals surface area contributed by atoms with E-state index in [4.69, 9.17) is 9.47 Å². The van der Waals surface area contributed by atoms with E-state index in [1.165, 1.54) is 16.2 Å². The van der Waals surface area contributed by atoms with Crippen molar-refractivity contribution in [3.05, 3.63) is 58.5 Å². The van der Waals surface area contributed by atoms with Crippen molar-refractivity contribution >= 4 is 39.0 Å². The molecule has 2 aromatic carbocycles. The molecule has 0 saturated heterocycles. The zero-order chi connectivity index (χ0) is 21.8. The summed E-state index contributed by atoms with van der Waals surface area (Å²) in [6.07, 6.45) is 3.79. The number of amides is 1. The van der Waals surface area contributed by atoms with Crippen LogP contribution in [0.1, 0.15) is 53.9 Å². The van der Waals surface area contributed by atoms with E-state index >= 15 is 0 Å². The highest BCUT2D eigenvalue weighted by molar-refractivity contribution is 7.17. The van der Waals surface area contributed by atoms with Crippen LogP contribution >= 0.6 is 11.3 Å². The van der Waals surface area contributed by atoms with Crippen molar-refractivity contribution in [2.24, 2.45) is 0 Å². The Morgan fingerprint density at radius 2 is 1.84 bits per heavy atom. The number of nitrogens with one attached hydrogen (secondary N) is 1. The predicted molar refractivity (Wildman–Crippen MR) is 124 cm³/mol. The molecule has 1 aliphatic rings. The van der Waals surface area contributed by atoms with E-state index in [1.807, 2.05) is 49.4 Å². The first-order valence-corrected chi connectivity index (χ1v) is 11.7. The fourth-order valence-corrected chi connectivity index (χ4v) is 5.27. The topological polar surface area (TPSA) is 64.6 Å². The largest absolute Gasteiger partial charge is 0.481 e. The highest BCUT2D eigenvalue weighted by Crippen LogP contribution is 2.38. The monoisotopic (exact) mass is 437 g/mol. The zero-order valence-electron chi connectivity index (χ0n) is 17.9. The number of hydrogen-bond donors (Lipinski definition) is 1. The molecule has 1 N–H and O–H groups in total. The molecule has 1 atom stereocenters. The molecule has 0 spiro atoms. The lowest BCUT2D eigenvalue weighted by molar-refractivity contribution is -0.122. The molecule has 0 aliphatic heterocycles. The lowest BCUT2D eigenvalue weighted by Crippen LogP contribution is -2.32. The molecular formula is C25H27NO4S. The van der Waals surface area contributed by atoms with Crippen molar-refractivity contribution < 1.29 is 19.1 Å². The lowest BCUT2D eigenvalue weighted by Gasteiger charge is -2.18. The average Bonchev–Trinajstić information content (AvgIpc) is 3.15. The Labute approximate surface area is 186 Å². The third-order valence-corrected chi connectivity index (χ3v) is 6.76. The van der Waals surface area contributed by atoms with Gasteiger partial charge in [0.2, 0.25) is 0 Å². The van der Waals surface area contributed by atoms with Crippen LogP contribution in [-0.4, -0.2) is 24.6 Å². The first-order chi connectivity index (χ1) is 15.1. The molecule has 1 heterocycles. The molecule has 4 rings (SSSR count). The van der Waals surface area contributed by atoms with E-state index in [0.29, 0.717) is 29.3 Å². The van der Waals surface area contributed by atoms with Crippen LogP contribution in [0.25, 0.3) is 10.8 Å². The van der Waals surface area contributed by atoms with Gasteiger partial charge in [0.1, 0.15) is 10.8 Å². The maximum Gasteiger partial charge on any atom is 0.341 e. The number of esters is 1. The Morgan fingerprint density at radius 3 is 2.61 bits per heavy atom. The van der Waals surface area contributed by atoms with Gasteiger partial charge in [-0.3, -0.25) is 4.79 Å². The Morgan fingerprint density at radius 1 is 1.06 bits per heavy atom.